The molecule has 2 rings (SSSR count). The molecule has 0 amide bonds. The minimum Gasteiger partial charge on any atom is -0.462 e. The van der Waals surface area contributed by atoms with Gasteiger partial charge in [-0.05, 0) is 38.0 Å². The molecule has 1 aliphatic carbocycles. The molecule has 2 aliphatic rings. The summed E-state index contributed by atoms with van der Waals surface area (Å²) in [6, 6.07) is 0. The number of carbonyl (C=O) groups excluding carboxylic acids is 1. The van der Waals surface area contributed by atoms with Crippen LogP contribution in [0.25, 0.3) is 0 Å². The van der Waals surface area contributed by atoms with Gasteiger partial charge in [0.25, 0.3) is 0 Å². The molecule has 1 saturated heterocycles. The third-order valence-electron chi connectivity index (χ3n) is 3.89. The quantitative estimate of drug-likeness (QED) is 0.560. The SMILES string of the molecule is CC(C)CC(C)OC(=O)C1CC2OC2CC1C. The van der Waals surface area contributed by atoms with Gasteiger partial charge in [0.1, 0.15) is 0 Å². The maximum Gasteiger partial charge on any atom is 0.309 e. The molecule has 0 aromatic carbocycles. The zero-order chi connectivity index (χ0) is 12.6. The van der Waals surface area contributed by atoms with Crippen molar-refractivity contribution in [3.8, 4) is 0 Å². The molecule has 17 heavy (non-hydrogen) atoms. The van der Waals surface area contributed by atoms with Gasteiger partial charge in [0.15, 0.2) is 0 Å². The van der Waals surface area contributed by atoms with Crippen LogP contribution in [0.2, 0.25) is 0 Å². The summed E-state index contributed by atoms with van der Waals surface area (Å²) in [6.07, 6.45) is 3.62. The summed E-state index contributed by atoms with van der Waals surface area (Å²) in [4.78, 5) is 12.1. The molecule has 0 bridgehead atoms. The van der Waals surface area contributed by atoms with E-state index in [-0.39, 0.29) is 18.0 Å². The zero-order valence-corrected chi connectivity index (χ0v) is 11.3. The average Bonchev–Trinajstić information content (AvgIpc) is 2.92. The Labute approximate surface area is 104 Å². The van der Waals surface area contributed by atoms with Crippen molar-refractivity contribution in [1.82, 2.24) is 0 Å². The monoisotopic (exact) mass is 240 g/mol. The number of hydrogen-bond donors (Lipinski definition) is 0. The number of fused-ring (bicyclic) bond motifs is 1. The second-order valence-corrected chi connectivity index (χ2v) is 6.15. The lowest BCUT2D eigenvalue weighted by Gasteiger charge is -2.26. The minimum atomic E-state index is -0.0143. The lowest BCUT2D eigenvalue weighted by atomic mass is 9.80. The van der Waals surface area contributed by atoms with Crippen LogP contribution in [0.3, 0.4) is 0 Å². The summed E-state index contributed by atoms with van der Waals surface area (Å²) >= 11 is 0. The highest BCUT2D eigenvalue weighted by molar-refractivity contribution is 5.73. The Kier molecular flexibility index (Phi) is 3.76. The number of hydrogen-bond acceptors (Lipinski definition) is 3. The van der Waals surface area contributed by atoms with Crippen molar-refractivity contribution in [2.45, 2.75) is 65.3 Å². The van der Waals surface area contributed by atoms with Gasteiger partial charge >= 0.3 is 5.97 Å². The van der Waals surface area contributed by atoms with Crippen LogP contribution in [-0.4, -0.2) is 24.3 Å². The van der Waals surface area contributed by atoms with Crippen LogP contribution in [-0.2, 0) is 14.3 Å². The van der Waals surface area contributed by atoms with E-state index >= 15 is 0 Å². The predicted molar refractivity (Wildman–Crippen MR) is 65.6 cm³/mol. The third kappa shape index (κ3) is 3.21. The van der Waals surface area contributed by atoms with E-state index in [1.165, 1.54) is 0 Å². The fraction of sp³-hybridized carbons (Fsp3) is 0.929. The van der Waals surface area contributed by atoms with Crippen molar-refractivity contribution < 1.29 is 14.3 Å². The van der Waals surface area contributed by atoms with Gasteiger partial charge in [-0.3, -0.25) is 4.79 Å². The second-order valence-electron chi connectivity index (χ2n) is 6.15. The highest BCUT2D eigenvalue weighted by atomic mass is 16.6. The summed E-state index contributed by atoms with van der Waals surface area (Å²) < 4.78 is 11.0. The average molecular weight is 240 g/mol. The Bertz CT molecular complexity index is 287. The van der Waals surface area contributed by atoms with E-state index < -0.39 is 0 Å². The summed E-state index contributed by atoms with van der Waals surface area (Å²) in [5.74, 6) is 1.00. The molecular formula is C14H24O3. The molecule has 5 unspecified atom stereocenters. The Balaban J connectivity index is 1.82. The van der Waals surface area contributed by atoms with Gasteiger partial charge in [-0.25, -0.2) is 0 Å². The van der Waals surface area contributed by atoms with Gasteiger partial charge < -0.3 is 9.47 Å². The van der Waals surface area contributed by atoms with E-state index in [2.05, 4.69) is 20.8 Å². The third-order valence-corrected chi connectivity index (χ3v) is 3.89. The van der Waals surface area contributed by atoms with Crippen molar-refractivity contribution in [2.24, 2.45) is 17.8 Å². The molecule has 1 aliphatic heterocycles. The Morgan fingerprint density at radius 1 is 1.29 bits per heavy atom. The Morgan fingerprint density at radius 3 is 2.59 bits per heavy atom. The Hall–Kier alpha value is -0.570. The molecule has 3 nitrogen and oxygen atoms in total. The van der Waals surface area contributed by atoms with Gasteiger partial charge in [0, 0.05) is 0 Å². The van der Waals surface area contributed by atoms with E-state index in [1.807, 2.05) is 6.92 Å². The van der Waals surface area contributed by atoms with Crippen molar-refractivity contribution in [3.63, 3.8) is 0 Å². The van der Waals surface area contributed by atoms with E-state index in [9.17, 15) is 4.79 Å². The smallest absolute Gasteiger partial charge is 0.309 e. The number of epoxide rings is 1. The minimum absolute atomic E-state index is 0.0143. The molecule has 1 saturated carbocycles. The van der Waals surface area contributed by atoms with Crippen LogP contribution >= 0.6 is 0 Å². The zero-order valence-electron chi connectivity index (χ0n) is 11.3. The fourth-order valence-electron chi connectivity index (χ4n) is 2.93. The highest BCUT2D eigenvalue weighted by Gasteiger charge is 2.49. The summed E-state index contributed by atoms with van der Waals surface area (Å²) in [5, 5.41) is 0. The number of ether oxygens (including phenoxy) is 2. The first kappa shape index (κ1) is 12.9. The molecule has 0 radical (unpaired) electrons. The number of rotatable bonds is 4. The number of carbonyl (C=O) groups is 1. The molecule has 3 heteroatoms. The standard InChI is InChI=1S/C14H24O3/c1-8(2)5-10(4)16-14(15)11-7-13-12(17-13)6-9(11)3/h8-13H,5-7H2,1-4H3. The summed E-state index contributed by atoms with van der Waals surface area (Å²) in [7, 11) is 0. The van der Waals surface area contributed by atoms with Crippen molar-refractivity contribution in [2.75, 3.05) is 0 Å². The maximum atomic E-state index is 12.1. The molecule has 98 valence electrons. The first-order valence-corrected chi connectivity index (χ1v) is 6.83. The Morgan fingerprint density at radius 2 is 1.94 bits per heavy atom. The van der Waals surface area contributed by atoms with Crippen molar-refractivity contribution in [1.29, 1.82) is 0 Å². The van der Waals surface area contributed by atoms with Crippen LogP contribution in [0.5, 0.6) is 0 Å². The van der Waals surface area contributed by atoms with Crippen LogP contribution in [0.15, 0.2) is 0 Å². The van der Waals surface area contributed by atoms with Gasteiger partial charge in [-0.2, -0.15) is 0 Å². The van der Waals surface area contributed by atoms with E-state index in [4.69, 9.17) is 9.47 Å². The van der Waals surface area contributed by atoms with Crippen molar-refractivity contribution in [3.05, 3.63) is 0 Å². The molecule has 0 aromatic heterocycles. The van der Waals surface area contributed by atoms with Gasteiger partial charge in [-0.1, -0.05) is 20.8 Å². The van der Waals surface area contributed by atoms with E-state index in [0.29, 0.717) is 24.0 Å². The highest BCUT2D eigenvalue weighted by Crippen LogP contribution is 2.43. The molecular weight excluding hydrogens is 216 g/mol. The molecule has 1 heterocycles. The van der Waals surface area contributed by atoms with E-state index in [0.717, 1.165) is 19.3 Å². The molecule has 2 fully saturated rings. The normalized spacial score (nSPS) is 37.5. The predicted octanol–water partition coefficient (Wildman–Crippen LogP) is 2.78. The molecule has 5 atom stereocenters. The van der Waals surface area contributed by atoms with Crippen LogP contribution in [0, 0.1) is 17.8 Å². The number of esters is 1. The molecule has 0 aromatic rings. The topological polar surface area (TPSA) is 38.8 Å². The first-order chi connectivity index (χ1) is 7.97. The molecule has 0 N–H and O–H groups in total. The maximum absolute atomic E-state index is 12.1. The largest absolute Gasteiger partial charge is 0.462 e. The molecule has 0 spiro atoms. The van der Waals surface area contributed by atoms with E-state index in [1.54, 1.807) is 0 Å². The fourth-order valence-corrected chi connectivity index (χ4v) is 2.93. The van der Waals surface area contributed by atoms with Crippen LogP contribution in [0.4, 0.5) is 0 Å². The summed E-state index contributed by atoms with van der Waals surface area (Å²) in [5.41, 5.74) is 0. The van der Waals surface area contributed by atoms with Crippen LogP contribution < -0.4 is 0 Å². The second kappa shape index (κ2) is 4.97. The van der Waals surface area contributed by atoms with Gasteiger partial charge in [-0.15, -0.1) is 0 Å². The van der Waals surface area contributed by atoms with Crippen LogP contribution in [0.1, 0.15) is 47.0 Å². The van der Waals surface area contributed by atoms with Crippen molar-refractivity contribution >= 4 is 5.97 Å². The lowest BCUT2D eigenvalue weighted by molar-refractivity contribution is -0.156. The lowest BCUT2D eigenvalue weighted by Crippen LogP contribution is -2.32. The summed E-state index contributed by atoms with van der Waals surface area (Å²) in [6.45, 7) is 8.42. The first-order valence-electron chi connectivity index (χ1n) is 6.83. The van der Waals surface area contributed by atoms with Gasteiger partial charge in [0.05, 0.1) is 24.2 Å². The van der Waals surface area contributed by atoms with Gasteiger partial charge in [0.2, 0.25) is 0 Å².